The number of benzene rings is 3. The minimum Gasteiger partial charge on any atom is -0.384 e. The van der Waals surface area contributed by atoms with Crippen molar-refractivity contribution in [1.82, 2.24) is 0 Å². The van der Waals surface area contributed by atoms with Gasteiger partial charge in [-0.05, 0) is 91.4 Å². The van der Waals surface area contributed by atoms with E-state index in [0.717, 1.165) is 32.8 Å². The van der Waals surface area contributed by atoms with Gasteiger partial charge in [0, 0.05) is 39.0 Å². The number of allylic oxidation sites excluding steroid dienone is 3. The minimum absolute atomic E-state index is 0.00299. The summed E-state index contributed by atoms with van der Waals surface area (Å²) in [6, 6.07) is 18.6. The normalized spacial score (nSPS) is 17.4. The number of Topliss-reactive ketones (excluding diaryl/α,β-unsaturated/α-hetero) is 1. The Morgan fingerprint density at radius 1 is 1.08 bits per heavy atom. The number of carbonyl (C=O) groups excluding carboxylic acids is 1. The van der Waals surface area contributed by atoms with Crippen LogP contribution in [-0.4, -0.2) is 5.78 Å². The Hall–Kier alpha value is -3.24. The minimum atomic E-state index is -0.579. The van der Waals surface area contributed by atoms with E-state index >= 15 is 0 Å². The molecule has 198 valence electrons. The molecule has 1 aliphatic carbocycles. The predicted octanol–water partition coefficient (Wildman–Crippen LogP) is 8.35. The number of anilines is 1. The zero-order chi connectivity index (χ0) is 27.8. The second kappa shape index (κ2) is 11.1. The second-order valence-corrected chi connectivity index (χ2v) is 11.7. The SMILES string of the molecule is Cc1cc(C)c(C2C(C#N)=C(N)N(c3ccc(F)c(Cl)c3)C3=C2C(=O)CCC3)cc1CSc1ccc(Cl)cc1. The molecule has 39 heavy (non-hydrogen) atoms. The van der Waals surface area contributed by atoms with E-state index in [1.807, 2.05) is 31.2 Å². The van der Waals surface area contributed by atoms with Gasteiger partial charge in [-0.3, -0.25) is 9.69 Å². The zero-order valence-corrected chi connectivity index (χ0v) is 23.9. The van der Waals surface area contributed by atoms with Crippen molar-refractivity contribution in [2.75, 3.05) is 4.90 Å². The van der Waals surface area contributed by atoms with Gasteiger partial charge >= 0.3 is 0 Å². The van der Waals surface area contributed by atoms with Gasteiger partial charge in [0.25, 0.3) is 0 Å². The van der Waals surface area contributed by atoms with Crippen molar-refractivity contribution < 1.29 is 9.18 Å². The van der Waals surface area contributed by atoms with Crippen LogP contribution in [0.5, 0.6) is 0 Å². The number of thioether (sulfide) groups is 1. The molecule has 1 unspecified atom stereocenters. The predicted molar refractivity (Wildman–Crippen MR) is 156 cm³/mol. The summed E-state index contributed by atoms with van der Waals surface area (Å²) < 4.78 is 14.0. The van der Waals surface area contributed by atoms with E-state index in [1.165, 1.54) is 12.1 Å². The molecule has 2 N–H and O–H groups in total. The number of rotatable bonds is 5. The van der Waals surface area contributed by atoms with Gasteiger partial charge < -0.3 is 5.73 Å². The van der Waals surface area contributed by atoms with Crippen molar-refractivity contribution in [2.45, 2.75) is 49.7 Å². The number of nitrogens with zero attached hydrogens (tertiary/aromatic N) is 2. The van der Waals surface area contributed by atoms with Crippen LogP contribution in [0.1, 0.15) is 47.4 Å². The number of hydrogen-bond acceptors (Lipinski definition) is 5. The second-order valence-electron chi connectivity index (χ2n) is 9.79. The van der Waals surface area contributed by atoms with Crippen LogP contribution in [0.4, 0.5) is 10.1 Å². The molecule has 3 aromatic rings. The highest BCUT2D eigenvalue weighted by Crippen LogP contribution is 2.47. The van der Waals surface area contributed by atoms with Gasteiger partial charge in [0.2, 0.25) is 0 Å². The standard InChI is InChI=1S/C31H26Cl2FN3OS/c1-17-12-18(2)23(13-19(17)16-39-22-9-6-20(32)7-10-22)29-24(15-35)31(36)37(21-8-11-26(34)25(33)14-21)27-4-3-5-28(38)30(27)29/h6-14,29H,3-5,16,36H2,1-2H3. The quantitative estimate of drug-likeness (QED) is 0.308. The first kappa shape index (κ1) is 27.3. The molecule has 1 aliphatic heterocycles. The number of hydrogen-bond donors (Lipinski definition) is 1. The fraction of sp³-hybridized carbons (Fsp3) is 0.226. The molecule has 0 saturated carbocycles. The Morgan fingerprint density at radius 2 is 1.82 bits per heavy atom. The van der Waals surface area contributed by atoms with Crippen LogP contribution in [0.2, 0.25) is 10.0 Å². The average Bonchev–Trinajstić information content (AvgIpc) is 2.90. The lowest BCUT2D eigenvalue weighted by molar-refractivity contribution is -0.116. The maximum Gasteiger partial charge on any atom is 0.161 e. The summed E-state index contributed by atoms with van der Waals surface area (Å²) in [4.78, 5) is 16.3. The van der Waals surface area contributed by atoms with Crippen LogP contribution in [0.3, 0.4) is 0 Å². The molecule has 4 nitrogen and oxygen atoms in total. The summed E-state index contributed by atoms with van der Waals surface area (Å²) in [5.41, 5.74) is 13.0. The van der Waals surface area contributed by atoms with E-state index < -0.39 is 11.7 Å². The van der Waals surface area contributed by atoms with E-state index in [0.29, 0.717) is 46.9 Å². The van der Waals surface area contributed by atoms with E-state index in [9.17, 15) is 14.4 Å². The molecular formula is C31H26Cl2FN3OS. The summed E-state index contributed by atoms with van der Waals surface area (Å²) in [7, 11) is 0. The molecule has 8 heteroatoms. The summed E-state index contributed by atoms with van der Waals surface area (Å²) in [5.74, 6) is -0.182. The fourth-order valence-corrected chi connectivity index (χ4v) is 6.65. The third-order valence-electron chi connectivity index (χ3n) is 7.32. The van der Waals surface area contributed by atoms with Crippen molar-refractivity contribution >= 4 is 46.4 Å². The van der Waals surface area contributed by atoms with Gasteiger partial charge in [0.1, 0.15) is 11.6 Å². The maximum atomic E-state index is 14.0. The molecule has 5 rings (SSSR count). The Bertz CT molecular complexity index is 1590. The third kappa shape index (κ3) is 5.19. The van der Waals surface area contributed by atoms with Crippen molar-refractivity contribution in [2.24, 2.45) is 5.73 Å². The number of ketones is 1. The number of aryl methyl sites for hydroxylation is 2. The topological polar surface area (TPSA) is 70.1 Å². The van der Waals surface area contributed by atoms with Gasteiger partial charge in [0.05, 0.1) is 22.6 Å². The average molecular weight is 579 g/mol. The van der Waals surface area contributed by atoms with E-state index in [2.05, 4.69) is 25.1 Å². The van der Waals surface area contributed by atoms with Crippen LogP contribution in [0.25, 0.3) is 0 Å². The lowest BCUT2D eigenvalue weighted by Crippen LogP contribution is -2.39. The summed E-state index contributed by atoms with van der Waals surface area (Å²) >= 11 is 13.8. The van der Waals surface area contributed by atoms with Crippen molar-refractivity contribution in [3.63, 3.8) is 0 Å². The Kier molecular flexibility index (Phi) is 7.77. The lowest BCUT2D eigenvalue weighted by atomic mass is 9.74. The monoisotopic (exact) mass is 577 g/mol. The van der Waals surface area contributed by atoms with Gasteiger partial charge in [-0.15, -0.1) is 11.8 Å². The number of nitrogens with two attached hydrogens (primary N) is 1. The molecule has 0 radical (unpaired) electrons. The summed E-state index contributed by atoms with van der Waals surface area (Å²) in [5, 5.41) is 11.0. The van der Waals surface area contributed by atoms with Crippen LogP contribution in [0.15, 0.2) is 82.2 Å². The van der Waals surface area contributed by atoms with Gasteiger partial charge in [-0.25, -0.2) is 4.39 Å². The highest BCUT2D eigenvalue weighted by molar-refractivity contribution is 7.98. The molecule has 0 spiro atoms. The van der Waals surface area contributed by atoms with Gasteiger partial charge in [-0.2, -0.15) is 5.26 Å². The molecule has 0 bridgehead atoms. The number of carbonyl (C=O) groups is 1. The maximum absolute atomic E-state index is 14.0. The Balaban J connectivity index is 1.62. The van der Waals surface area contributed by atoms with Crippen LogP contribution >= 0.6 is 35.0 Å². The zero-order valence-electron chi connectivity index (χ0n) is 21.5. The molecule has 0 fully saturated rings. The first-order valence-corrected chi connectivity index (χ1v) is 14.3. The van der Waals surface area contributed by atoms with Crippen LogP contribution < -0.4 is 10.6 Å². The highest BCUT2D eigenvalue weighted by atomic mass is 35.5. The molecule has 0 amide bonds. The first-order chi connectivity index (χ1) is 18.7. The molecule has 1 atom stereocenters. The van der Waals surface area contributed by atoms with Crippen LogP contribution in [0, 0.1) is 31.0 Å². The Morgan fingerprint density at radius 3 is 2.51 bits per heavy atom. The number of nitriles is 1. The third-order valence-corrected chi connectivity index (χ3v) is 8.92. The summed E-state index contributed by atoms with van der Waals surface area (Å²) in [6.07, 6.45) is 1.67. The molecule has 1 heterocycles. The number of halogens is 3. The van der Waals surface area contributed by atoms with Gasteiger partial charge in [-0.1, -0.05) is 35.3 Å². The van der Waals surface area contributed by atoms with E-state index in [1.54, 1.807) is 22.7 Å². The molecular weight excluding hydrogens is 552 g/mol. The first-order valence-electron chi connectivity index (χ1n) is 12.6. The van der Waals surface area contributed by atoms with Gasteiger partial charge in [0.15, 0.2) is 5.78 Å². The van der Waals surface area contributed by atoms with Crippen molar-refractivity contribution in [1.29, 1.82) is 5.26 Å². The molecule has 0 aromatic heterocycles. The molecule has 0 saturated heterocycles. The Labute approximate surface area is 241 Å². The largest absolute Gasteiger partial charge is 0.384 e. The van der Waals surface area contributed by atoms with Crippen LogP contribution in [-0.2, 0) is 10.5 Å². The van der Waals surface area contributed by atoms with E-state index in [-0.39, 0.29) is 16.6 Å². The summed E-state index contributed by atoms with van der Waals surface area (Å²) in [6.45, 7) is 4.07. The fourth-order valence-electron chi connectivity index (χ4n) is 5.39. The van der Waals surface area contributed by atoms with Crippen molar-refractivity contribution in [3.05, 3.63) is 115 Å². The van der Waals surface area contributed by atoms with E-state index in [4.69, 9.17) is 28.9 Å². The highest BCUT2D eigenvalue weighted by Gasteiger charge is 2.41. The smallest absolute Gasteiger partial charge is 0.161 e. The molecule has 3 aromatic carbocycles. The molecule has 2 aliphatic rings. The lowest BCUT2D eigenvalue weighted by Gasteiger charge is -2.40. The van der Waals surface area contributed by atoms with Crippen molar-refractivity contribution in [3.8, 4) is 6.07 Å².